The molecule has 2 N–H and O–H groups in total. The van der Waals surface area contributed by atoms with Gasteiger partial charge in [0.15, 0.2) is 0 Å². The quantitative estimate of drug-likeness (QED) is 0.445. The first-order valence-electron chi connectivity index (χ1n) is 10.9. The normalized spacial score (nSPS) is 11.1. The van der Waals surface area contributed by atoms with Gasteiger partial charge in [-0.15, -0.1) is 0 Å². The minimum Gasteiger partial charge on any atom is -0.481 e. The molecule has 0 fully saturated rings. The molecule has 1 amide bonds. The number of fused-ring (bicyclic) bond motifs is 1. The maximum absolute atomic E-state index is 11.6. The van der Waals surface area contributed by atoms with E-state index in [1.807, 2.05) is 23.8 Å². The standard InChI is InChI=1S/C24H30N4O4/c1-4-18-9-10-21-24(17-11-16(2)12-26-13-17)19(7-5-6-8-23(30)31)20(27-28(18)21)14-32-15-22(29)25-3/h9-13H,4-8,14-15H2,1-3H3,(H,25,29)(H,30,31). The smallest absolute Gasteiger partial charge is 0.303 e. The Morgan fingerprint density at radius 2 is 2.03 bits per heavy atom. The van der Waals surface area contributed by atoms with E-state index in [0.717, 1.165) is 45.6 Å². The minimum absolute atomic E-state index is 0.0533. The van der Waals surface area contributed by atoms with E-state index in [2.05, 4.69) is 35.4 Å². The highest BCUT2D eigenvalue weighted by Gasteiger charge is 2.19. The Balaban J connectivity index is 2.10. The van der Waals surface area contributed by atoms with Crippen LogP contribution in [0, 0.1) is 6.92 Å². The second-order valence-corrected chi connectivity index (χ2v) is 7.79. The van der Waals surface area contributed by atoms with Gasteiger partial charge < -0.3 is 15.2 Å². The largest absolute Gasteiger partial charge is 0.481 e. The van der Waals surface area contributed by atoms with E-state index in [1.165, 1.54) is 0 Å². The third kappa shape index (κ3) is 5.50. The molecule has 170 valence electrons. The van der Waals surface area contributed by atoms with Gasteiger partial charge in [0.2, 0.25) is 5.91 Å². The Bertz CT molecular complexity index is 1110. The number of ether oxygens (including phenoxy) is 1. The van der Waals surface area contributed by atoms with E-state index in [1.54, 1.807) is 7.05 Å². The number of unbranched alkanes of at least 4 members (excludes halogenated alkanes) is 1. The summed E-state index contributed by atoms with van der Waals surface area (Å²) in [5.41, 5.74) is 6.88. The Hall–Kier alpha value is -3.26. The topological polar surface area (TPSA) is 106 Å². The first kappa shape index (κ1) is 23.4. The number of nitrogens with one attached hydrogen (secondary N) is 1. The van der Waals surface area contributed by atoms with E-state index in [4.69, 9.17) is 14.9 Å². The van der Waals surface area contributed by atoms with Crippen LogP contribution in [-0.4, -0.2) is 45.2 Å². The van der Waals surface area contributed by atoms with Crippen LogP contribution in [0.5, 0.6) is 0 Å². The van der Waals surface area contributed by atoms with Crippen LogP contribution in [0.25, 0.3) is 16.6 Å². The molecule has 0 aliphatic carbocycles. The van der Waals surface area contributed by atoms with Crippen LogP contribution in [0.2, 0.25) is 0 Å². The first-order valence-corrected chi connectivity index (χ1v) is 10.9. The molecule has 32 heavy (non-hydrogen) atoms. The Labute approximate surface area is 187 Å². The van der Waals surface area contributed by atoms with Gasteiger partial charge in [-0.2, -0.15) is 5.10 Å². The Morgan fingerprint density at radius 3 is 2.72 bits per heavy atom. The van der Waals surface area contributed by atoms with Crippen molar-refractivity contribution in [2.75, 3.05) is 13.7 Å². The molecule has 8 nitrogen and oxygen atoms in total. The molecule has 3 aromatic rings. The van der Waals surface area contributed by atoms with Gasteiger partial charge in [0.05, 0.1) is 17.8 Å². The average Bonchev–Trinajstić information content (AvgIpc) is 3.18. The molecule has 0 atom stereocenters. The van der Waals surface area contributed by atoms with Crippen molar-refractivity contribution >= 4 is 17.4 Å². The predicted molar refractivity (Wildman–Crippen MR) is 121 cm³/mol. The number of aryl methyl sites for hydroxylation is 2. The highest BCUT2D eigenvalue weighted by atomic mass is 16.5. The fourth-order valence-electron chi connectivity index (χ4n) is 3.82. The zero-order chi connectivity index (χ0) is 23.1. The summed E-state index contributed by atoms with van der Waals surface area (Å²) in [4.78, 5) is 27.0. The summed E-state index contributed by atoms with van der Waals surface area (Å²) in [7, 11) is 1.57. The SMILES string of the molecule is CCc1ccc2c(-c3cncc(C)c3)c(CCCCC(=O)O)c(COCC(=O)NC)nn12. The van der Waals surface area contributed by atoms with Gasteiger partial charge >= 0.3 is 5.97 Å². The van der Waals surface area contributed by atoms with Gasteiger partial charge in [-0.25, -0.2) is 4.52 Å². The summed E-state index contributed by atoms with van der Waals surface area (Å²) >= 11 is 0. The molecule has 0 aliphatic rings. The highest BCUT2D eigenvalue weighted by molar-refractivity contribution is 5.84. The molecule has 0 aromatic carbocycles. The lowest BCUT2D eigenvalue weighted by atomic mass is 9.95. The predicted octanol–water partition coefficient (Wildman–Crippen LogP) is 3.33. The van der Waals surface area contributed by atoms with Gasteiger partial charge in [-0.1, -0.05) is 6.92 Å². The fourth-order valence-corrected chi connectivity index (χ4v) is 3.82. The number of amides is 1. The number of pyridine rings is 1. The maximum atomic E-state index is 11.6. The number of hydrogen-bond acceptors (Lipinski definition) is 5. The van der Waals surface area contributed by atoms with Crippen LogP contribution in [0.3, 0.4) is 0 Å². The molecule has 0 unspecified atom stereocenters. The molecule has 3 rings (SSSR count). The lowest BCUT2D eigenvalue weighted by Crippen LogP contribution is -2.23. The van der Waals surface area contributed by atoms with Crippen molar-refractivity contribution in [3.05, 3.63) is 53.1 Å². The highest BCUT2D eigenvalue weighted by Crippen LogP contribution is 2.33. The van der Waals surface area contributed by atoms with Gasteiger partial charge in [-0.3, -0.25) is 14.6 Å². The lowest BCUT2D eigenvalue weighted by molar-refractivity contribution is -0.137. The van der Waals surface area contributed by atoms with Crippen LogP contribution >= 0.6 is 0 Å². The van der Waals surface area contributed by atoms with Gasteiger partial charge in [0.1, 0.15) is 6.61 Å². The van der Waals surface area contributed by atoms with Crippen molar-refractivity contribution in [1.82, 2.24) is 19.9 Å². The summed E-state index contributed by atoms with van der Waals surface area (Å²) < 4.78 is 7.62. The number of rotatable bonds is 11. The fraction of sp³-hybridized carbons (Fsp3) is 0.417. The van der Waals surface area contributed by atoms with Crippen molar-refractivity contribution in [3.63, 3.8) is 0 Å². The summed E-state index contributed by atoms with van der Waals surface area (Å²) in [6.07, 6.45) is 6.55. The number of nitrogens with zero attached hydrogens (tertiary/aromatic N) is 3. The molecule has 0 aliphatic heterocycles. The maximum Gasteiger partial charge on any atom is 0.303 e. The van der Waals surface area contributed by atoms with Crippen LogP contribution < -0.4 is 5.32 Å². The third-order valence-corrected chi connectivity index (χ3v) is 5.40. The number of carbonyl (C=O) groups excluding carboxylic acids is 1. The van der Waals surface area contributed by atoms with Crippen molar-refractivity contribution in [1.29, 1.82) is 0 Å². The number of aromatic nitrogens is 3. The molecule has 0 radical (unpaired) electrons. The molecule has 0 saturated heterocycles. The van der Waals surface area contributed by atoms with Gasteiger partial charge in [0.25, 0.3) is 0 Å². The van der Waals surface area contributed by atoms with Crippen LogP contribution in [0.4, 0.5) is 0 Å². The Kier molecular flexibility index (Phi) is 7.94. The molecular formula is C24H30N4O4. The van der Waals surface area contributed by atoms with Gasteiger partial charge in [0, 0.05) is 42.7 Å². The number of carbonyl (C=O) groups is 2. The van der Waals surface area contributed by atoms with Crippen molar-refractivity contribution in [2.24, 2.45) is 0 Å². The lowest BCUT2D eigenvalue weighted by Gasteiger charge is -2.18. The number of aliphatic carboxylic acids is 1. The zero-order valence-electron chi connectivity index (χ0n) is 18.9. The average molecular weight is 439 g/mol. The van der Waals surface area contributed by atoms with E-state index in [9.17, 15) is 9.59 Å². The summed E-state index contributed by atoms with van der Waals surface area (Å²) in [6, 6.07) is 6.23. The molecular weight excluding hydrogens is 408 g/mol. The third-order valence-electron chi connectivity index (χ3n) is 5.40. The number of carboxylic acid groups (broad SMARTS) is 1. The van der Waals surface area contributed by atoms with Crippen molar-refractivity contribution < 1.29 is 19.4 Å². The zero-order valence-corrected chi connectivity index (χ0v) is 18.9. The molecule has 3 aromatic heterocycles. The first-order chi connectivity index (χ1) is 15.4. The minimum atomic E-state index is -0.796. The molecule has 0 saturated carbocycles. The Morgan fingerprint density at radius 1 is 1.22 bits per heavy atom. The summed E-state index contributed by atoms with van der Waals surface area (Å²) in [5.74, 6) is -0.998. The summed E-state index contributed by atoms with van der Waals surface area (Å²) in [5, 5.41) is 16.4. The van der Waals surface area contributed by atoms with Crippen LogP contribution in [0.15, 0.2) is 30.6 Å². The summed E-state index contributed by atoms with van der Waals surface area (Å²) in [6.45, 7) is 4.22. The molecule has 8 heteroatoms. The monoisotopic (exact) mass is 438 g/mol. The van der Waals surface area contributed by atoms with E-state index < -0.39 is 5.97 Å². The van der Waals surface area contributed by atoms with E-state index in [0.29, 0.717) is 19.3 Å². The van der Waals surface area contributed by atoms with Crippen LogP contribution in [-0.2, 0) is 33.8 Å². The number of hydrogen-bond donors (Lipinski definition) is 2. The van der Waals surface area contributed by atoms with Crippen LogP contribution in [0.1, 0.15) is 48.7 Å². The molecule has 0 spiro atoms. The van der Waals surface area contributed by atoms with E-state index in [-0.39, 0.29) is 25.5 Å². The second-order valence-electron chi connectivity index (χ2n) is 7.79. The van der Waals surface area contributed by atoms with Crippen molar-refractivity contribution in [3.8, 4) is 11.1 Å². The van der Waals surface area contributed by atoms with E-state index >= 15 is 0 Å². The molecule has 0 bridgehead atoms. The molecule has 3 heterocycles. The van der Waals surface area contributed by atoms with Crippen molar-refractivity contribution in [2.45, 2.75) is 52.6 Å². The second kappa shape index (κ2) is 10.9. The number of carboxylic acids is 1. The van der Waals surface area contributed by atoms with Gasteiger partial charge in [-0.05, 0) is 61.9 Å². The number of likely N-dealkylation sites (N-methyl/N-ethyl adjacent to an activating group) is 1.